The monoisotopic (exact) mass is 423 g/mol. The average molecular weight is 423 g/mol. The Morgan fingerprint density at radius 1 is 1.13 bits per heavy atom. The predicted molar refractivity (Wildman–Crippen MR) is 115 cm³/mol. The smallest absolute Gasteiger partial charge is 0.290 e. The summed E-state index contributed by atoms with van der Waals surface area (Å²) in [6.45, 7) is 8.92. The fraction of sp³-hybridized carbons (Fsp3) is 0.333. The number of benzene rings is 1. The van der Waals surface area contributed by atoms with Crippen molar-refractivity contribution >= 4 is 22.7 Å². The highest BCUT2D eigenvalue weighted by molar-refractivity contribution is 6.15. The number of furan rings is 2. The number of aryl methyl sites for hydroxylation is 1. The van der Waals surface area contributed by atoms with Gasteiger partial charge in [0, 0.05) is 5.39 Å². The van der Waals surface area contributed by atoms with E-state index < -0.39 is 23.5 Å². The molecule has 1 amide bonds. The highest BCUT2D eigenvalue weighted by Gasteiger charge is 2.46. The number of nitrogens with one attached hydrogen (secondary N) is 1. The molecule has 2 N–H and O–H groups in total. The Bertz CT molecular complexity index is 1120. The molecular formula is C24H27N2O5+. The summed E-state index contributed by atoms with van der Waals surface area (Å²) in [4.78, 5) is 29.3. The number of aliphatic hydroxyl groups is 1. The number of hydrogen-bond donors (Lipinski definition) is 2. The molecule has 0 unspecified atom stereocenters. The van der Waals surface area contributed by atoms with Gasteiger partial charge in [-0.1, -0.05) is 18.2 Å². The number of quaternary nitrogens is 1. The summed E-state index contributed by atoms with van der Waals surface area (Å²) in [6, 6.07) is 11.7. The third-order valence-electron chi connectivity index (χ3n) is 5.93. The van der Waals surface area contributed by atoms with Crippen molar-refractivity contribution < 1.29 is 28.4 Å². The van der Waals surface area contributed by atoms with Gasteiger partial charge < -0.3 is 23.7 Å². The number of rotatable bonds is 8. The van der Waals surface area contributed by atoms with Crippen molar-refractivity contribution in [1.29, 1.82) is 0 Å². The Labute approximate surface area is 180 Å². The number of carbonyl (C=O) groups is 2. The Morgan fingerprint density at radius 3 is 2.52 bits per heavy atom. The van der Waals surface area contributed by atoms with Crippen molar-refractivity contribution in [1.82, 2.24) is 4.90 Å². The van der Waals surface area contributed by atoms with Crippen molar-refractivity contribution in [2.45, 2.75) is 26.8 Å². The average Bonchev–Trinajstić information content (AvgIpc) is 3.46. The standard InChI is InChI=1S/C24H26N2O5/c1-4-25(5-2)12-13-26-21(18-11-10-15(3)30-18)20(23(28)24(26)29)22(27)19-14-16-8-6-7-9-17(16)31-19/h6-11,14,21,28H,4-5,12-13H2,1-3H3/p+1/t21-/m1/s1. The van der Waals surface area contributed by atoms with Gasteiger partial charge in [0.25, 0.3) is 5.91 Å². The normalized spacial score (nSPS) is 16.8. The van der Waals surface area contributed by atoms with Crippen LogP contribution >= 0.6 is 0 Å². The van der Waals surface area contributed by atoms with Crippen molar-refractivity contribution in [3.05, 3.63) is 71.1 Å². The quantitative estimate of drug-likeness (QED) is 0.544. The zero-order valence-electron chi connectivity index (χ0n) is 18.0. The molecule has 0 bridgehead atoms. The second-order valence-corrected chi connectivity index (χ2v) is 7.80. The van der Waals surface area contributed by atoms with Crippen molar-refractivity contribution in [2.75, 3.05) is 26.2 Å². The van der Waals surface area contributed by atoms with Crippen LogP contribution in [-0.4, -0.2) is 47.9 Å². The molecule has 31 heavy (non-hydrogen) atoms. The highest BCUT2D eigenvalue weighted by atomic mass is 16.4. The first-order valence-electron chi connectivity index (χ1n) is 10.6. The minimum Gasteiger partial charge on any atom is -0.503 e. The summed E-state index contributed by atoms with van der Waals surface area (Å²) in [5.74, 6) is -0.425. The van der Waals surface area contributed by atoms with Crippen LogP contribution in [0.25, 0.3) is 11.0 Å². The zero-order valence-corrected chi connectivity index (χ0v) is 18.0. The van der Waals surface area contributed by atoms with E-state index >= 15 is 0 Å². The number of hydrogen-bond acceptors (Lipinski definition) is 5. The van der Waals surface area contributed by atoms with E-state index in [1.165, 1.54) is 9.80 Å². The summed E-state index contributed by atoms with van der Waals surface area (Å²) in [7, 11) is 0. The van der Waals surface area contributed by atoms with Gasteiger partial charge >= 0.3 is 0 Å². The minimum absolute atomic E-state index is 0.00652. The molecule has 0 saturated carbocycles. The first-order valence-corrected chi connectivity index (χ1v) is 10.6. The number of fused-ring (bicyclic) bond motifs is 1. The van der Waals surface area contributed by atoms with Gasteiger partial charge in [-0.25, -0.2) is 0 Å². The van der Waals surface area contributed by atoms with E-state index in [1.807, 2.05) is 18.2 Å². The molecule has 2 aromatic heterocycles. The molecule has 162 valence electrons. The molecule has 0 fully saturated rings. The molecule has 0 aliphatic carbocycles. The fourth-order valence-corrected chi connectivity index (χ4v) is 4.12. The SMILES string of the molecule is CC[NH+](CC)CCN1C(=O)C(O)=C(C(=O)c2cc3ccccc3o2)[C@H]1c1ccc(C)o1. The van der Waals surface area contributed by atoms with Gasteiger partial charge in [-0.15, -0.1) is 0 Å². The molecule has 1 aliphatic rings. The van der Waals surface area contributed by atoms with Gasteiger partial charge in [-0.3, -0.25) is 9.59 Å². The van der Waals surface area contributed by atoms with E-state index in [0.29, 0.717) is 30.2 Å². The molecule has 0 spiro atoms. The van der Waals surface area contributed by atoms with Crippen LogP contribution in [0.2, 0.25) is 0 Å². The lowest BCUT2D eigenvalue weighted by Gasteiger charge is -2.26. The second-order valence-electron chi connectivity index (χ2n) is 7.80. The maximum Gasteiger partial charge on any atom is 0.290 e. The van der Waals surface area contributed by atoms with E-state index in [0.717, 1.165) is 18.5 Å². The molecule has 0 saturated heterocycles. The molecule has 1 atom stereocenters. The lowest BCUT2D eigenvalue weighted by atomic mass is 9.99. The van der Waals surface area contributed by atoms with E-state index in [1.54, 1.807) is 31.2 Å². The first-order chi connectivity index (χ1) is 14.9. The lowest BCUT2D eigenvalue weighted by molar-refractivity contribution is -0.895. The van der Waals surface area contributed by atoms with Crippen LogP contribution < -0.4 is 4.90 Å². The molecule has 1 aliphatic heterocycles. The summed E-state index contributed by atoms with van der Waals surface area (Å²) in [5, 5.41) is 11.5. The molecule has 4 rings (SSSR count). The largest absolute Gasteiger partial charge is 0.503 e. The second kappa shape index (κ2) is 8.43. The maximum atomic E-state index is 13.4. The topological polar surface area (TPSA) is 88.3 Å². The Balaban J connectivity index is 1.73. The fourth-order valence-electron chi connectivity index (χ4n) is 4.12. The molecule has 7 nitrogen and oxygen atoms in total. The van der Waals surface area contributed by atoms with E-state index in [2.05, 4.69) is 13.8 Å². The van der Waals surface area contributed by atoms with Crippen molar-refractivity contribution in [3.63, 3.8) is 0 Å². The summed E-state index contributed by atoms with van der Waals surface area (Å²) >= 11 is 0. The number of Topliss-reactive ketones (excluding diaryl/α,β-unsaturated/α-hetero) is 1. The Kier molecular flexibility index (Phi) is 5.69. The third kappa shape index (κ3) is 3.77. The van der Waals surface area contributed by atoms with Crippen LogP contribution in [0.15, 0.2) is 62.6 Å². The zero-order chi connectivity index (χ0) is 22.1. The van der Waals surface area contributed by atoms with E-state index in [4.69, 9.17) is 8.83 Å². The van der Waals surface area contributed by atoms with Gasteiger partial charge in [0.05, 0.1) is 31.8 Å². The molecule has 3 aromatic rings. The highest BCUT2D eigenvalue weighted by Crippen LogP contribution is 2.39. The summed E-state index contributed by atoms with van der Waals surface area (Å²) < 4.78 is 11.5. The Hall–Kier alpha value is -3.32. The maximum absolute atomic E-state index is 13.4. The van der Waals surface area contributed by atoms with Crippen LogP contribution in [0, 0.1) is 6.92 Å². The van der Waals surface area contributed by atoms with E-state index in [9.17, 15) is 14.7 Å². The van der Waals surface area contributed by atoms with Gasteiger partial charge in [-0.05, 0) is 45.0 Å². The van der Waals surface area contributed by atoms with Crippen LogP contribution in [0.4, 0.5) is 0 Å². The number of nitrogens with zero attached hydrogens (tertiary/aromatic N) is 1. The summed E-state index contributed by atoms with van der Waals surface area (Å²) in [5.41, 5.74) is 0.565. The van der Waals surface area contributed by atoms with Gasteiger partial charge in [0.1, 0.15) is 23.1 Å². The lowest BCUT2D eigenvalue weighted by Crippen LogP contribution is -3.12. The molecule has 7 heteroatoms. The molecule has 0 radical (unpaired) electrons. The van der Waals surface area contributed by atoms with Gasteiger partial charge in [0.2, 0.25) is 5.78 Å². The van der Waals surface area contributed by atoms with Crippen LogP contribution in [0.5, 0.6) is 0 Å². The summed E-state index contributed by atoms with van der Waals surface area (Å²) in [6.07, 6.45) is 0. The number of para-hydroxylation sites is 1. The van der Waals surface area contributed by atoms with Crippen molar-refractivity contribution in [2.24, 2.45) is 0 Å². The van der Waals surface area contributed by atoms with Crippen LogP contribution in [-0.2, 0) is 4.79 Å². The molecule has 3 heterocycles. The van der Waals surface area contributed by atoms with Crippen molar-refractivity contribution in [3.8, 4) is 0 Å². The van der Waals surface area contributed by atoms with E-state index in [-0.39, 0.29) is 11.3 Å². The first kappa shape index (κ1) is 20.9. The predicted octanol–water partition coefficient (Wildman–Crippen LogP) is 2.84. The molecular weight excluding hydrogens is 396 g/mol. The van der Waals surface area contributed by atoms with Gasteiger partial charge in [0.15, 0.2) is 11.5 Å². The van der Waals surface area contributed by atoms with Crippen LogP contribution in [0.3, 0.4) is 0 Å². The molecule has 1 aromatic carbocycles. The minimum atomic E-state index is -0.795. The number of amides is 1. The number of aliphatic hydroxyl groups excluding tert-OH is 1. The van der Waals surface area contributed by atoms with Crippen LogP contribution in [0.1, 0.15) is 42.0 Å². The number of carbonyl (C=O) groups excluding carboxylic acids is 2. The number of ketones is 1. The van der Waals surface area contributed by atoms with Gasteiger partial charge in [-0.2, -0.15) is 0 Å². The Morgan fingerprint density at radius 2 is 1.87 bits per heavy atom. The third-order valence-corrected chi connectivity index (χ3v) is 5.93. The number of likely N-dealkylation sites (N-methyl/N-ethyl adjacent to an activating group) is 1.